The van der Waals surface area contributed by atoms with E-state index in [1.807, 2.05) is 26.0 Å². The van der Waals surface area contributed by atoms with Crippen molar-refractivity contribution in [3.8, 4) is 5.69 Å². The van der Waals surface area contributed by atoms with E-state index in [4.69, 9.17) is 5.73 Å². The number of allylic oxidation sites excluding steroid dienone is 1. The zero-order chi connectivity index (χ0) is 31.4. The third-order valence-electron chi connectivity index (χ3n) is 12.5. The van der Waals surface area contributed by atoms with Gasteiger partial charge in [-0.05, 0) is 94.0 Å². The summed E-state index contributed by atoms with van der Waals surface area (Å²) in [6.07, 6.45) is 6.08. The minimum Gasteiger partial charge on any atom is -0.390 e. The van der Waals surface area contributed by atoms with E-state index in [1.165, 1.54) is 11.8 Å². The lowest BCUT2D eigenvalue weighted by Gasteiger charge is -2.63. The molecule has 7 rings (SSSR count). The Labute approximate surface area is 256 Å². The summed E-state index contributed by atoms with van der Waals surface area (Å²) in [7, 11) is 0. The number of rotatable bonds is 4. The molecule has 2 amide bonds. The van der Waals surface area contributed by atoms with E-state index in [9.17, 15) is 24.6 Å². The van der Waals surface area contributed by atoms with E-state index in [-0.39, 0.29) is 24.0 Å². The number of primary amides is 1. The Balaban J connectivity index is 1.22. The molecule has 5 aliphatic rings. The molecular formula is C34H41FN4O5. The standard InChI is InChI=1S/C34H41FN4O5/c1-19(40)33(44)12-11-24-25-10-9-22-15-27-21(16-31(22,2)34(25,35)28(41)17-32(24,33)3)18-37-39(27)23-7-4-6-20(14-23)30(43)38-13-5-8-26(38)29(36)42/h4,6-7,14-15,18,24-26,28,41,44H,5,8-13,16-17H2,1-3H3,(H2,36,42)/t24-,25-,26+,28-,31-,32-,33-,34-/m0/s1. The molecule has 1 aromatic carbocycles. The van der Waals surface area contributed by atoms with Gasteiger partial charge in [0.2, 0.25) is 5.91 Å². The van der Waals surface area contributed by atoms with Gasteiger partial charge in [0.15, 0.2) is 5.78 Å². The summed E-state index contributed by atoms with van der Waals surface area (Å²) in [6.45, 7) is 5.65. The lowest BCUT2D eigenvalue weighted by atomic mass is 9.44. The number of nitrogens with zero attached hydrogens (tertiary/aromatic N) is 3. The van der Waals surface area contributed by atoms with E-state index in [2.05, 4.69) is 5.10 Å². The number of hydrogen-bond donors (Lipinski definition) is 3. The molecule has 44 heavy (non-hydrogen) atoms. The number of ketones is 1. The average molecular weight is 605 g/mol. The first kappa shape index (κ1) is 29.3. The first-order chi connectivity index (χ1) is 20.8. The number of Topliss-reactive ketones (excluding diaryl/α,β-unsaturated/α-hetero) is 1. The SMILES string of the molecule is CC(=O)[C@@]1(O)CC[C@H]2[C@@H]3CCC4=Cc5c(cnn5-c5cccc(C(=O)N6CCC[C@@H]6C(N)=O)c5)C[C@]4(C)[C@@]3(F)[C@@H](O)C[C@@]21C. The molecule has 0 bridgehead atoms. The van der Waals surface area contributed by atoms with Gasteiger partial charge in [-0.3, -0.25) is 14.4 Å². The highest BCUT2D eigenvalue weighted by molar-refractivity contribution is 5.98. The number of aromatic nitrogens is 2. The van der Waals surface area contributed by atoms with Crippen LogP contribution in [-0.4, -0.2) is 72.5 Å². The number of carbonyl (C=O) groups is 3. The van der Waals surface area contributed by atoms with Crippen molar-refractivity contribution >= 4 is 23.7 Å². The van der Waals surface area contributed by atoms with Gasteiger partial charge < -0.3 is 20.8 Å². The number of amides is 2. The molecule has 1 aromatic heterocycles. The third-order valence-corrected chi connectivity index (χ3v) is 12.5. The van der Waals surface area contributed by atoms with Crippen LogP contribution in [0.3, 0.4) is 0 Å². The molecule has 4 fully saturated rings. The molecule has 0 spiro atoms. The van der Waals surface area contributed by atoms with E-state index >= 15 is 4.39 Å². The molecule has 3 saturated carbocycles. The summed E-state index contributed by atoms with van der Waals surface area (Å²) in [5.74, 6) is -1.76. The van der Waals surface area contributed by atoms with Gasteiger partial charge in [0, 0.05) is 28.9 Å². The molecule has 10 heteroatoms. The van der Waals surface area contributed by atoms with Crippen LogP contribution in [0.25, 0.3) is 11.8 Å². The van der Waals surface area contributed by atoms with Crippen LogP contribution in [0.1, 0.15) is 87.3 Å². The molecular weight excluding hydrogens is 563 g/mol. The maximum Gasteiger partial charge on any atom is 0.254 e. The minimum atomic E-state index is -1.93. The Hall–Kier alpha value is -3.37. The highest BCUT2D eigenvalue weighted by Crippen LogP contribution is 2.70. The maximum atomic E-state index is 17.8. The van der Waals surface area contributed by atoms with Crippen LogP contribution in [0, 0.1) is 22.7 Å². The molecule has 2 heterocycles. The molecule has 4 N–H and O–H groups in total. The molecule has 4 aliphatic carbocycles. The Morgan fingerprint density at radius 3 is 2.64 bits per heavy atom. The van der Waals surface area contributed by atoms with Gasteiger partial charge in [0.05, 0.1) is 23.7 Å². The first-order valence-corrected chi connectivity index (χ1v) is 15.9. The molecule has 1 aliphatic heterocycles. The van der Waals surface area contributed by atoms with Gasteiger partial charge in [-0.25, -0.2) is 9.07 Å². The minimum absolute atomic E-state index is 0.0319. The summed E-state index contributed by atoms with van der Waals surface area (Å²) >= 11 is 0. The van der Waals surface area contributed by atoms with Crippen molar-refractivity contribution in [2.45, 2.75) is 95.6 Å². The predicted octanol–water partition coefficient (Wildman–Crippen LogP) is 3.53. The van der Waals surface area contributed by atoms with E-state index in [0.29, 0.717) is 56.3 Å². The van der Waals surface area contributed by atoms with Crippen molar-refractivity contribution in [3.05, 3.63) is 52.9 Å². The molecule has 0 radical (unpaired) electrons. The van der Waals surface area contributed by atoms with Gasteiger partial charge in [0.1, 0.15) is 17.3 Å². The molecule has 9 nitrogen and oxygen atoms in total. The fourth-order valence-electron chi connectivity index (χ4n) is 10.1. The van der Waals surface area contributed by atoms with Crippen LogP contribution in [0.5, 0.6) is 0 Å². The summed E-state index contributed by atoms with van der Waals surface area (Å²) < 4.78 is 19.6. The molecule has 2 aromatic rings. The predicted molar refractivity (Wildman–Crippen MR) is 160 cm³/mol. The Bertz CT molecular complexity index is 1620. The molecule has 0 unspecified atom stereocenters. The average Bonchev–Trinajstić information content (AvgIpc) is 3.69. The zero-order valence-electron chi connectivity index (χ0n) is 25.6. The quantitative estimate of drug-likeness (QED) is 0.488. The Morgan fingerprint density at radius 2 is 1.91 bits per heavy atom. The smallest absolute Gasteiger partial charge is 0.254 e. The maximum absolute atomic E-state index is 17.8. The number of hydrogen-bond acceptors (Lipinski definition) is 6. The van der Waals surface area contributed by atoms with Crippen molar-refractivity contribution < 1.29 is 29.0 Å². The second kappa shape index (κ2) is 9.57. The van der Waals surface area contributed by atoms with Crippen molar-refractivity contribution in [3.63, 3.8) is 0 Å². The van der Waals surface area contributed by atoms with Crippen LogP contribution in [-0.2, 0) is 16.0 Å². The molecule has 8 atom stereocenters. The van der Waals surface area contributed by atoms with Crippen LogP contribution >= 0.6 is 0 Å². The molecule has 1 saturated heterocycles. The topological polar surface area (TPSA) is 139 Å². The van der Waals surface area contributed by atoms with Crippen LogP contribution in [0.4, 0.5) is 4.39 Å². The summed E-state index contributed by atoms with van der Waals surface area (Å²) in [5, 5.41) is 27.8. The number of alkyl halides is 1. The Kier molecular flexibility index (Phi) is 6.38. The second-order valence-corrected chi connectivity index (χ2v) is 14.4. The van der Waals surface area contributed by atoms with Gasteiger partial charge in [-0.15, -0.1) is 0 Å². The van der Waals surface area contributed by atoms with Crippen molar-refractivity contribution in [1.29, 1.82) is 0 Å². The normalized spacial score (nSPS) is 39.1. The Morgan fingerprint density at radius 1 is 1.14 bits per heavy atom. The largest absolute Gasteiger partial charge is 0.390 e. The number of halogens is 1. The summed E-state index contributed by atoms with van der Waals surface area (Å²) in [5.41, 5.74) is 3.91. The first-order valence-electron chi connectivity index (χ1n) is 15.9. The zero-order valence-corrected chi connectivity index (χ0v) is 25.6. The highest BCUT2D eigenvalue weighted by atomic mass is 19.1. The fraction of sp³-hybridized carbons (Fsp3) is 0.588. The number of aliphatic hydroxyl groups excluding tert-OH is 1. The lowest BCUT2D eigenvalue weighted by molar-refractivity contribution is -0.223. The molecule has 234 valence electrons. The van der Waals surface area contributed by atoms with Crippen LogP contribution in [0.2, 0.25) is 0 Å². The van der Waals surface area contributed by atoms with Gasteiger partial charge in [0.25, 0.3) is 5.91 Å². The summed E-state index contributed by atoms with van der Waals surface area (Å²) in [4.78, 5) is 39.4. The lowest BCUT2D eigenvalue weighted by Crippen LogP contribution is -2.69. The number of aliphatic hydroxyl groups is 2. The van der Waals surface area contributed by atoms with Crippen LogP contribution < -0.4 is 5.73 Å². The number of likely N-dealkylation sites (tertiary alicyclic amines) is 1. The van der Waals surface area contributed by atoms with Gasteiger partial charge in [-0.2, -0.15) is 5.10 Å². The highest BCUT2D eigenvalue weighted by Gasteiger charge is 2.74. The van der Waals surface area contributed by atoms with E-state index in [0.717, 1.165) is 23.3 Å². The fourth-order valence-corrected chi connectivity index (χ4v) is 10.1. The van der Waals surface area contributed by atoms with Crippen LogP contribution in [0.15, 0.2) is 36.0 Å². The van der Waals surface area contributed by atoms with Crippen molar-refractivity contribution in [2.75, 3.05) is 6.54 Å². The van der Waals surface area contributed by atoms with E-state index in [1.54, 1.807) is 29.1 Å². The van der Waals surface area contributed by atoms with Gasteiger partial charge in [-0.1, -0.05) is 25.5 Å². The van der Waals surface area contributed by atoms with E-state index < -0.39 is 46.1 Å². The van der Waals surface area contributed by atoms with Gasteiger partial charge >= 0.3 is 0 Å². The van der Waals surface area contributed by atoms with Crippen molar-refractivity contribution in [1.82, 2.24) is 14.7 Å². The number of benzene rings is 1. The summed E-state index contributed by atoms with van der Waals surface area (Å²) in [6, 6.07) is 6.51. The van der Waals surface area contributed by atoms with Crippen molar-refractivity contribution in [2.24, 2.45) is 28.4 Å². The number of carbonyl (C=O) groups excluding carboxylic acids is 3. The monoisotopic (exact) mass is 604 g/mol. The number of fused-ring (bicyclic) bond motifs is 6. The third kappa shape index (κ3) is 3.64. The second-order valence-electron chi connectivity index (χ2n) is 14.4. The number of nitrogens with two attached hydrogens (primary N) is 1.